The molecule has 0 bridgehead atoms. The van der Waals surface area contributed by atoms with E-state index in [1.54, 1.807) is 0 Å². The molecule has 1 aromatic heterocycles. The number of aromatic nitrogens is 3. The van der Waals surface area contributed by atoms with Gasteiger partial charge in [-0.2, -0.15) is 5.10 Å². The zero-order chi connectivity index (χ0) is 16.5. The Kier molecular flexibility index (Phi) is 4.14. The minimum atomic E-state index is 0.382. The second-order valence-corrected chi connectivity index (χ2v) is 6.82. The van der Waals surface area contributed by atoms with E-state index in [4.69, 9.17) is 9.47 Å². The maximum Gasteiger partial charge on any atom is 0.161 e. The molecular formula is C18H24N4O2. The Bertz CT molecular complexity index is 726. The van der Waals surface area contributed by atoms with Crippen LogP contribution in [0.15, 0.2) is 18.2 Å². The number of hydrogen-bond donors (Lipinski definition) is 1. The molecule has 1 aromatic carbocycles. The van der Waals surface area contributed by atoms with Crippen LogP contribution >= 0.6 is 0 Å². The van der Waals surface area contributed by atoms with Crippen molar-refractivity contribution >= 4 is 0 Å². The number of rotatable bonds is 4. The fourth-order valence-corrected chi connectivity index (χ4v) is 3.20. The lowest BCUT2D eigenvalue weighted by atomic mass is 10.1. The Hall–Kier alpha value is -2.08. The van der Waals surface area contributed by atoms with Gasteiger partial charge in [-0.05, 0) is 24.1 Å². The van der Waals surface area contributed by atoms with Crippen LogP contribution < -0.4 is 14.8 Å². The van der Waals surface area contributed by atoms with Gasteiger partial charge in [0.15, 0.2) is 17.3 Å². The molecule has 0 radical (unpaired) electrons. The third kappa shape index (κ3) is 3.11. The van der Waals surface area contributed by atoms with Gasteiger partial charge in [-0.15, -0.1) is 0 Å². The van der Waals surface area contributed by atoms with E-state index in [0.29, 0.717) is 25.2 Å². The van der Waals surface area contributed by atoms with Crippen molar-refractivity contribution in [2.45, 2.75) is 51.7 Å². The van der Waals surface area contributed by atoms with E-state index in [1.807, 2.05) is 6.07 Å². The first kappa shape index (κ1) is 15.4. The molecule has 0 amide bonds. The van der Waals surface area contributed by atoms with Crippen LogP contribution in [0.4, 0.5) is 0 Å². The molecule has 24 heavy (non-hydrogen) atoms. The molecule has 6 heteroatoms. The molecule has 2 aliphatic rings. The maximum absolute atomic E-state index is 5.65. The molecule has 0 saturated heterocycles. The predicted octanol–water partition coefficient (Wildman–Crippen LogP) is 2.28. The van der Waals surface area contributed by atoms with Crippen molar-refractivity contribution in [1.82, 2.24) is 20.1 Å². The lowest BCUT2D eigenvalue weighted by Crippen LogP contribution is -2.37. The van der Waals surface area contributed by atoms with Crippen LogP contribution in [-0.4, -0.2) is 34.0 Å². The largest absolute Gasteiger partial charge is 0.486 e. The SMILES string of the molecule is CC(C)c1nc2n(n1)C[C@@H](NCc1ccc3c(c1)OCCO3)CC2. The zero-order valence-electron chi connectivity index (χ0n) is 14.3. The highest BCUT2D eigenvalue weighted by Gasteiger charge is 2.22. The number of nitrogens with one attached hydrogen (secondary N) is 1. The van der Waals surface area contributed by atoms with Crippen molar-refractivity contribution in [2.75, 3.05) is 13.2 Å². The number of nitrogens with zero attached hydrogens (tertiary/aromatic N) is 3. The summed E-state index contributed by atoms with van der Waals surface area (Å²) in [6, 6.07) is 6.59. The third-order valence-electron chi connectivity index (χ3n) is 4.59. The van der Waals surface area contributed by atoms with E-state index in [9.17, 15) is 0 Å². The first-order valence-electron chi connectivity index (χ1n) is 8.74. The molecule has 0 fully saturated rings. The van der Waals surface area contributed by atoms with Crippen LogP contribution in [-0.2, 0) is 19.5 Å². The summed E-state index contributed by atoms with van der Waals surface area (Å²) in [4.78, 5) is 4.64. The van der Waals surface area contributed by atoms with Gasteiger partial charge in [-0.1, -0.05) is 19.9 Å². The highest BCUT2D eigenvalue weighted by atomic mass is 16.6. The van der Waals surface area contributed by atoms with E-state index >= 15 is 0 Å². The van der Waals surface area contributed by atoms with Crippen LogP contribution in [0.3, 0.4) is 0 Å². The van der Waals surface area contributed by atoms with Gasteiger partial charge in [-0.3, -0.25) is 0 Å². The van der Waals surface area contributed by atoms with Gasteiger partial charge in [-0.25, -0.2) is 9.67 Å². The van der Waals surface area contributed by atoms with Gasteiger partial charge >= 0.3 is 0 Å². The summed E-state index contributed by atoms with van der Waals surface area (Å²) in [7, 11) is 0. The summed E-state index contributed by atoms with van der Waals surface area (Å²) in [5.41, 5.74) is 1.21. The third-order valence-corrected chi connectivity index (χ3v) is 4.59. The minimum Gasteiger partial charge on any atom is -0.486 e. The number of benzene rings is 1. The summed E-state index contributed by atoms with van der Waals surface area (Å²) >= 11 is 0. The van der Waals surface area contributed by atoms with E-state index < -0.39 is 0 Å². The molecule has 4 rings (SSSR count). The number of aryl methyl sites for hydroxylation is 1. The Morgan fingerprint density at radius 1 is 1.25 bits per heavy atom. The van der Waals surface area contributed by atoms with Crippen molar-refractivity contribution < 1.29 is 9.47 Å². The second kappa shape index (κ2) is 6.43. The Labute approximate surface area is 142 Å². The normalized spacial score (nSPS) is 19.4. The van der Waals surface area contributed by atoms with Gasteiger partial charge in [0.2, 0.25) is 0 Å². The number of hydrogen-bond acceptors (Lipinski definition) is 5. The minimum absolute atomic E-state index is 0.382. The molecule has 1 N–H and O–H groups in total. The molecule has 0 unspecified atom stereocenters. The Balaban J connectivity index is 1.38. The summed E-state index contributed by atoms with van der Waals surface area (Å²) < 4.78 is 13.3. The average molecular weight is 328 g/mol. The molecule has 2 aromatic rings. The molecule has 0 spiro atoms. The van der Waals surface area contributed by atoms with E-state index in [0.717, 1.165) is 49.1 Å². The summed E-state index contributed by atoms with van der Waals surface area (Å²) in [6.45, 7) is 7.24. The topological polar surface area (TPSA) is 61.2 Å². The van der Waals surface area contributed by atoms with Crippen LogP contribution in [0.2, 0.25) is 0 Å². The molecule has 0 aliphatic carbocycles. The Morgan fingerprint density at radius 2 is 2.08 bits per heavy atom. The molecular weight excluding hydrogens is 304 g/mol. The van der Waals surface area contributed by atoms with Gasteiger partial charge < -0.3 is 14.8 Å². The van der Waals surface area contributed by atoms with E-state index in [1.165, 1.54) is 5.56 Å². The van der Waals surface area contributed by atoms with Crippen LogP contribution in [0.5, 0.6) is 11.5 Å². The van der Waals surface area contributed by atoms with Gasteiger partial charge in [0.1, 0.15) is 19.0 Å². The first-order chi connectivity index (χ1) is 11.7. The summed E-state index contributed by atoms with van der Waals surface area (Å²) in [5, 5.41) is 8.28. The second-order valence-electron chi connectivity index (χ2n) is 6.82. The highest BCUT2D eigenvalue weighted by molar-refractivity contribution is 5.43. The number of fused-ring (bicyclic) bond motifs is 2. The molecule has 3 heterocycles. The first-order valence-corrected chi connectivity index (χ1v) is 8.74. The van der Waals surface area contributed by atoms with Gasteiger partial charge in [0.05, 0.1) is 6.54 Å². The predicted molar refractivity (Wildman–Crippen MR) is 90.5 cm³/mol. The molecule has 1 atom stereocenters. The van der Waals surface area contributed by atoms with Crippen molar-refractivity contribution in [1.29, 1.82) is 0 Å². The lowest BCUT2D eigenvalue weighted by molar-refractivity contribution is 0.171. The van der Waals surface area contributed by atoms with E-state index in [-0.39, 0.29) is 0 Å². The molecule has 2 aliphatic heterocycles. The quantitative estimate of drug-likeness (QED) is 0.933. The van der Waals surface area contributed by atoms with Crippen LogP contribution in [0.25, 0.3) is 0 Å². The number of ether oxygens (including phenoxy) is 2. The summed E-state index contributed by atoms with van der Waals surface area (Å²) in [6.07, 6.45) is 2.08. The fraction of sp³-hybridized carbons (Fsp3) is 0.556. The highest BCUT2D eigenvalue weighted by Crippen LogP contribution is 2.30. The molecule has 0 saturated carbocycles. The van der Waals surface area contributed by atoms with Crippen molar-refractivity contribution in [3.63, 3.8) is 0 Å². The van der Waals surface area contributed by atoms with Crippen molar-refractivity contribution in [3.8, 4) is 11.5 Å². The smallest absolute Gasteiger partial charge is 0.161 e. The summed E-state index contributed by atoms with van der Waals surface area (Å²) in [5.74, 6) is 4.15. The maximum atomic E-state index is 5.65. The lowest BCUT2D eigenvalue weighted by Gasteiger charge is -2.24. The standard InChI is InChI=1S/C18H24N4O2/c1-12(2)18-20-17-6-4-14(11-22(17)21-18)19-10-13-3-5-15-16(9-13)24-8-7-23-15/h3,5,9,12,14,19H,4,6-8,10-11H2,1-2H3/t14-/m0/s1. The monoisotopic (exact) mass is 328 g/mol. The zero-order valence-corrected chi connectivity index (χ0v) is 14.3. The van der Waals surface area contributed by atoms with Crippen LogP contribution in [0.1, 0.15) is 43.4 Å². The van der Waals surface area contributed by atoms with Gasteiger partial charge in [0, 0.05) is 24.9 Å². The fourth-order valence-electron chi connectivity index (χ4n) is 3.20. The average Bonchev–Trinajstić information content (AvgIpc) is 3.03. The van der Waals surface area contributed by atoms with Crippen molar-refractivity contribution in [3.05, 3.63) is 35.4 Å². The van der Waals surface area contributed by atoms with E-state index in [2.05, 4.69) is 46.1 Å². The van der Waals surface area contributed by atoms with Gasteiger partial charge in [0.25, 0.3) is 0 Å². The van der Waals surface area contributed by atoms with Crippen LogP contribution in [0, 0.1) is 0 Å². The Morgan fingerprint density at radius 3 is 2.92 bits per heavy atom. The molecule has 128 valence electrons. The van der Waals surface area contributed by atoms with Crippen molar-refractivity contribution in [2.24, 2.45) is 0 Å². The molecule has 6 nitrogen and oxygen atoms in total.